The van der Waals surface area contributed by atoms with Crippen LogP contribution in [0.2, 0.25) is 0 Å². The largest absolute Gasteiger partial charge is 0.309 e. The van der Waals surface area contributed by atoms with Crippen molar-refractivity contribution in [1.29, 1.82) is 0 Å². The summed E-state index contributed by atoms with van der Waals surface area (Å²) < 4.78 is 3.97. The first-order valence-electron chi connectivity index (χ1n) is 7.25. The van der Waals surface area contributed by atoms with Crippen molar-refractivity contribution >= 4 is 31.9 Å². The second-order valence-corrected chi connectivity index (χ2v) is 6.57. The Balaban J connectivity index is 2.51. The Hall–Kier alpha value is -0.720. The Kier molecular flexibility index (Phi) is 5.96. The van der Waals surface area contributed by atoms with Crippen LogP contribution in [0.3, 0.4) is 0 Å². The van der Waals surface area contributed by atoms with Crippen LogP contribution in [-0.4, -0.2) is 21.5 Å². The summed E-state index contributed by atoms with van der Waals surface area (Å²) in [6.45, 7) is 7.35. The molecule has 1 aromatic heterocycles. The number of rotatable bonds is 6. The Bertz CT molecular complexity index is 610. The van der Waals surface area contributed by atoms with E-state index in [4.69, 9.17) is 0 Å². The van der Waals surface area contributed by atoms with E-state index in [9.17, 15) is 0 Å². The second kappa shape index (κ2) is 7.51. The molecule has 21 heavy (non-hydrogen) atoms. The van der Waals surface area contributed by atoms with E-state index in [0.29, 0.717) is 0 Å². The van der Waals surface area contributed by atoms with E-state index in [1.807, 2.05) is 16.8 Å². The molecule has 0 radical (unpaired) electrons. The van der Waals surface area contributed by atoms with Gasteiger partial charge in [-0.15, -0.1) is 5.10 Å². The fourth-order valence-electron chi connectivity index (χ4n) is 2.44. The molecular weight excluding hydrogens is 396 g/mol. The summed E-state index contributed by atoms with van der Waals surface area (Å²) in [5.74, 6) is 0. The summed E-state index contributed by atoms with van der Waals surface area (Å²) >= 11 is 7.12. The smallest absolute Gasteiger partial charge is 0.103 e. The standard InChI is InChI=1S/C15H20Br2N4/c1-4-12(18-6-3)15-13(5-2)21(20-19-15)14-9-10(16)7-8-11(14)17/h7-9,12,18H,4-6H2,1-3H3. The molecule has 4 nitrogen and oxygen atoms in total. The van der Waals surface area contributed by atoms with Crippen LogP contribution < -0.4 is 5.32 Å². The minimum absolute atomic E-state index is 0.254. The normalized spacial score (nSPS) is 12.6. The number of aromatic nitrogens is 3. The topological polar surface area (TPSA) is 42.7 Å². The van der Waals surface area contributed by atoms with Crippen molar-refractivity contribution < 1.29 is 0 Å². The lowest BCUT2D eigenvalue weighted by atomic mass is 10.1. The van der Waals surface area contributed by atoms with Crippen molar-refractivity contribution in [3.05, 3.63) is 38.5 Å². The molecule has 0 aliphatic heterocycles. The SMILES string of the molecule is CCNC(CC)c1nnn(-c2cc(Br)ccc2Br)c1CC. The van der Waals surface area contributed by atoms with Gasteiger partial charge in [0.15, 0.2) is 0 Å². The van der Waals surface area contributed by atoms with Crippen LogP contribution in [0.15, 0.2) is 27.1 Å². The van der Waals surface area contributed by atoms with Crippen molar-refractivity contribution in [3.63, 3.8) is 0 Å². The lowest BCUT2D eigenvalue weighted by molar-refractivity contribution is 0.520. The molecule has 0 bridgehead atoms. The van der Waals surface area contributed by atoms with Crippen LogP contribution in [0.4, 0.5) is 0 Å². The zero-order chi connectivity index (χ0) is 15.4. The Morgan fingerprint density at radius 2 is 2.00 bits per heavy atom. The average molecular weight is 416 g/mol. The molecule has 6 heteroatoms. The molecule has 0 aliphatic carbocycles. The van der Waals surface area contributed by atoms with E-state index in [2.05, 4.69) is 74.3 Å². The molecule has 1 heterocycles. The van der Waals surface area contributed by atoms with Crippen LogP contribution in [-0.2, 0) is 6.42 Å². The third-order valence-corrected chi connectivity index (χ3v) is 4.62. The van der Waals surface area contributed by atoms with Gasteiger partial charge in [-0.3, -0.25) is 0 Å². The van der Waals surface area contributed by atoms with Crippen LogP contribution in [0, 0.1) is 0 Å². The van der Waals surface area contributed by atoms with Crippen LogP contribution in [0.1, 0.15) is 44.6 Å². The van der Waals surface area contributed by atoms with Gasteiger partial charge in [0.2, 0.25) is 0 Å². The molecule has 2 aromatic rings. The molecule has 0 saturated carbocycles. The first-order chi connectivity index (χ1) is 10.1. The highest BCUT2D eigenvalue weighted by molar-refractivity contribution is 9.11. The van der Waals surface area contributed by atoms with Gasteiger partial charge in [0.1, 0.15) is 5.69 Å². The number of hydrogen-bond acceptors (Lipinski definition) is 3. The maximum atomic E-state index is 4.44. The van der Waals surface area contributed by atoms with Crippen LogP contribution >= 0.6 is 31.9 Å². The van der Waals surface area contributed by atoms with Crippen molar-refractivity contribution in [1.82, 2.24) is 20.3 Å². The van der Waals surface area contributed by atoms with E-state index in [0.717, 1.165) is 45.4 Å². The van der Waals surface area contributed by atoms with E-state index >= 15 is 0 Å². The van der Waals surface area contributed by atoms with E-state index in [1.165, 1.54) is 0 Å². The van der Waals surface area contributed by atoms with Gasteiger partial charge in [0, 0.05) is 8.95 Å². The van der Waals surface area contributed by atoms with Gasteiger partial charge >= 0.3 is 0 Å². The molecule has 114 valence electrons. The van der Waals surface area contributed by atoms with Gasteiger partial charge < -0.3 is 5.32 Å². The fraction of sp³-hybridized carbons (Fsp3) is 0.467. The van der Waals surface area contributed by atoms with Crippen molar-refractivity contribution in [2.75, 3.05) is 6.54 Å². The molecule has 0 saturated heterocycles. The number of nitrogens with one attached hydrogen (secondary N) is 1. The maximum absolute atomic E-state index is 4.44. The zero-order valence-electron chi connectivity index (χ0n) is 12.5. The predicted octanol–water partition coefficient (Wildman–Crippen LogP) is 4.42. The Morgan fingerprint density at radius 1 is 1.24 bits per heavy atom. The number of benzene rings is 1. The minimum Gasteiger partial charge on any atom is -0.309 e. The highest BCUT2D eigenvalue weighted by atomic mass is 79.9. The van der Waals surface area contributed by atoms with Gasteiger partial charge in [-0.05, 0) is 53.5 Å². The maximum Gasteiger partial charge on any atom is 0.103 e. The summed E-state index contributed by atoms with van der Waals surface area (Å²) in [6, 6.07) is 6.33. The molecule has 1 unspecified atom stereocenters. The predicted molar refractivity (Wildman–Crippen MR) is 92.8 cm³/mol. The van der Waals surface area contributed by atoms with Gasteiger partial charge in [-0.25, -0.2) is 4.68 Å². The van der Waals surface area contributed by atoms with Gasteiger partial charge in [-0.2, -0.15) is 0 Å². The lowest BCUT2D eigenvalue weighted by Crippen LogP contribution is -2.21. The number of hydrogen-bond donors (Lipinski definition) is 1. The molecule has 0 spiro atoms. The summed E-state index contributed by atoms with van der Waals surface area (Å²) in [5, 5.41) is 12.3. The second-order valence-electron chi connectivity index (χ2n) is 4.80. The highest BCUT2D eigenvalue weighted by Crippen LogP contribution is 2.28. The van der Waals surface area contributed by atoms with Crippen molar-refractivity contribution in [2.24, 2.45) is 0 Å². The fourth-order valence-corrected chi connectivity index (χ4v) is 3.20. The molecule has 0 fully saturated rings. The van der Waals surface area contributed by atoms with Crippen LogP contribution in [0.5, 0.6) is 0 Å². The molecular formula is C15H20Br2N4. The first-order valence-corrected chi connectivity index (χ1v) is 8.84. The lowest BCUT2D eigenvalue weighted by Gasteiger charge is -2.15. The van der Waals surface area contributed by atoms with Crippen molar-refractivity contribution in [3.8, 4) is 5.69 Å². The summed E-state index contributed by atoms with van der Waals surface area (Å²) in [5.41, 5.74) is 3.21. The third kappa shape index (κ3) is 3.55. The van der Waals surface area contributed by atoms with Crippen molar-refractivity contribution in [2.45, 2.75) is 39.7 Å². The van der Waals surface area contributed by atoms with Crippen LogP contribution in [0.25, 0.3) is 5.69 Å². The van der Waals surface area contributed by atoms with Gasteiger partial charge in [0.05, 0.1) is 17.4 Å². The summed E-state index contributed by atoms with van der Waals surface area (Å²) in [7, 11) is 0. The Morgan fingerprint density at radius 3 is 2.62 bits per heavy atom. The average Bonchev–Trinajstić information content (AvgIpc) is 2.90. The van der Waals surface area contributed by atoms with Gasteiger partial charge in [-0.1, -0.05) is 41.9 Å². The monoisotopic (exact) mass is 414 g/mol. The molecule has 1 N–H and O–H groups in total. The summed E-state index contributed by atoms with van der Waals surface area (Å²) in [6.07, 6.45) is 1.89. The number of halogens is 2. The van der Waals surface area contributed by atoms with E-state index in [1.54, 1.807) is 0 Å². The minimum atomic E-state index is 0.254. The summed E-state index contributed by atoms with van der Waals surface area (Å²) in [4.78, 5) is 0. The highest BCUT2D eigenvalue weighted by Gasteiger charge is 2.20. The zero-order valence-corrected chi connectivity index (χ0v) is 15.7. The van der Waals surface area contributed by atoms with E-state index in [-0.39, 0.29) is 6.04 Å². The molecule has 1 aromatic carbocycles. The molecule has 0 amide bonds. The Labute approximate surface area is 142 Å². The first kappa shape index (κ1) is 16.6. The third-order valence-electron chi connectivity index (χ3n) is 3.45. The molecule has 0 aliphatic rings. The van der Waals surface area contributed by atoms with E-state index < -0.39 is 0 Å². The molecule has 2 rings (SSSR count). The number of nitrogens with zero attached hydrogens (tertiary/aromatic N) is 3. The molecule has 1 atom stereocenters. The quantitative estimate of drug-likeness (QED) is 0.759. The van der Waals surface area contributed by atoms with Gasteiger partial charge in [0.25, 0.3) is 0 Å².